The second kappa shape index (κ2) is 11.6. The van der Waals surface area contributed by atoms with Gasteiger partial charge in [-0.15, -0.1) is 0 Å². The van der Waals surface area contributed by atoms with E-state index in [4.69, 9.17) is 0 Å². The zero-order valence-corrected chi connectivity index (χ0v) is 32.6. The molecule has 5 aromatic rings. The maximum atomic E-state index is 12.8. The number of rotatable bonds is 4. The van der Waals surface area contributed by atoms with Crippen LogP contribution in [0.4, 0.5) is 0 Å². The predicted molar refractivity (Wildman–Crippen MR) is 211 cm³/mol. The molecule has 0 aliphatic rings. The molecule has 5 aromatic carbocycles. The van der Waals surface area contributed by atoms with E-state index in [2.05, 4.69) is 105 Å². The van der Waals surface area contributed by atoms with Crippen molar-refractivity contribution < 1.29 is 19.5 Å². The van der Waals surface area contributed by atoms with Crippen molar-refractivity contribution in [3.05, 3.63) is 107 Å². The molecule has 0 aliphatic heterocycles. The number of carbonyl (C=O) groups excluding carboxylic acids is 1. The molecule has 0 unspecified atom stereocenters. The van der Waals surface area contributed by atoms with E-state index in [0.717, 1.165) is 32.7 Å². The van der Waals surface area contributed by atoms with Gasteiger partial charge in [0.1, 0.15) is 0 Å². The van der Waals surface area contributed by atoms with E-state index in [1.54, 1.807) is 24.3 Å². The molecule has 5 rings (SSSR count). The average molecular weight is 679 g/mol. The van der Waals surface area contributed by atoms with Gasteiger partial charge in [0.2, 0.25) is 0 Å². The molecule has 0 aliphatic carbocycles. The SMILES string of the molecule is CC(=O)c1ccc(P(O)(O)(O)c2cc3ccc(C(C)(C)C)cc3cc2C(C)(C)C)c(-c2cc3ccc(C(C)(C)C)cc3cc2C(C)(C)C)c1. The van der Waals surface area contributed by atoms with Crippen LogP contribution in [0.2, 0.25) is 0 Å². The van der Waals surface area contributed by atoms with Crippen LogP contribution in [0, 0.1) is 0 Å². The fourth-order valence-electron chi connectivity index (χ4n) is 6.76. The molecule has 0 bridgehead atoms. The first kappa shape index (κ1) is 36.9. The van der Waals surface area contributed by atoms with Crippen molar-refractivity contribution in [2.45, 2.75) is 112 Å². The van der Waals surface area contributed by atoms with E-state index in [-0.39, 0.29) is 32.6 Å². The fourth-order valence-corrected chi connectivity index (χ4v) is 9.22. The Morgan fingerprint density at radius 3 is 1.39 bits per heavy atom. The summed E-state index contributed by atoms with van der Waals surface area (Å²) in [4.78, 5) is 50.8. The molecule has 260 valence electrons. The third kappa shape index (κ3) is 6.99. The molecule has 0 aromatic heterocycles. The van der Waals surface area contributed by atoms with Crippen molar-refractivity contribution in [2.75, 3.05) is 0 Å². The summed E-state index contributed by atoms with van der Waals surface area (Å²) >= 11 is 0. The Morgan fingerprint density at radius 1 is 0.469 bits per heavy atom. The first-order chi connectivity index (χ1) is 22.2. The van der Waals surface area contributed by atoms with Gasteiger partial charge in [0, 0.05) is 0 Å². The molecule has 0 amide bonds. The van der Waals surface area contributed by atoms with Gasteiger partial charge in [0.25, 0.3) is 0 Å². The summed E-state index contributed by atoms with van der Waals surface area (Å²) < 4.78 is 0. The van der Waals surface area contributed by atoms with Crippen LogP contribution < -0.4 is 10.6 Å². The number of ketones is 1. The van der Waals surface area contributed by atoms with Crippen LogP contribution in [0.5, 0.6) is 0 Å². The van der Waals surface area contributed by atoms with Gasteiger partial charge in [0.15, 0.2) is 0 Å². The Labute approximate surface area is 293 Å². The molecule has 0 atom stereocenters. The van der Waals surface area contributed by atoms with Gasteiger partial charge in [-0.05, 0) is 0 Å². The zero-order valence-electron chi connectivity index (χ0n) is 31.7. The van der Waals surface area contributed by atoms with Crippen LogP contribution in [0.15, 0.2) is 78.9 Å². The van der Waals surface area contributed by atoms with E-state index < -0.39 is 12.7 Å². The van der Waals surface area contributed by atoms with Gasteiger partial charge in [0.05, 0.1) is 0 Å². The Kier molecular flexibility index (Phi) is 8.71. The minimum atomic E-state index is -5.88. The molecule has 4 nitrogen and oxygen atoms in total. The molecular weight excluding hydrogens is 623 g/mol. The molecule has 0 heterocycles. The maximum absolute atomic E-state index is 12.8. The van der Waals surface area contributed by atoms with Gasteiger partial charge >= 0.3 is 294 Å². The normalized spacial score (nSPS) is 14.2. The number of carbonyl (C=O) groups is 1. The van der Waals surface area contributed by atoms with E-state index in [1.807, 2.05) is 32.9 Å². The Hall–Kier alpha value is -3.40. The Morgan fingerprint density at radius 2 is 0.939 bits per heavy atom. The molecule has 0 spiro atoms. The summed E-state index contributed by atoms with van der Waals surface area (Å²) in [5.74, 6) is -0.148. The van der Waals surface area contributed by atoms with Crippen molar-refractivity contribution in [1.82, 2.24) is 0 Å². The molecule has 3 N–H and O–H groups in total. The van der Waals surface area contributed by atoms with Crippen LogP contribution in [0.3, 0.4) is 0 Å². The number of fused-ring (bicyclic) bond motifs is 2. The van der Waals surface area contributed by atoms with Gasteiger partial charge in [-0.25, -0.2) is 0 Å². The molecule has 0 radical (unpaired) electrons. The van der Waals surface area contributed by atoms with Crippen LogP contribution in [0.25, 0.3) is 32.7 Å². The van der Waals surface area contributed by atoms with Gasteiger partial charge in [-0.3, -0.25) is 0 Å². The summed E-state index contributed by atoms with van der Waals surface area (Å²) in [5.41, 5.74) is 4.65. The number of hydrogen-bond acceptors (Lipinski definition) is 4. The zero-order chi connectivity index (χ0) is 36.7. The summed E-state index contributed by atoms with van der Waals surface area (Å²) in [5, 5.41) is 3.97. The second-order valence-corrected chi connectivity index (χ2v) is 21.1. The predicted octanol–water partition coefficient (Wildman–Crippen LogP) is 10.3. The molecule has 0 saturated carbocycles. The molecule has 0 fully saturated rings. The van der Waals surface area contributed by atoms with Crippen molar-refractivity contribution in [3.63, 3.8) is 0 Å². The first-order valence-corrected chi connectivity index (χ1v) is 19.4. The van der Waals surface area contributed by atoms with Gasteiger partial charge in [-0.2, -0.15) is 0 Å². The Balaban J connectivity index is 1.89. The van der Waals surface area contributed by atoms with Crippen molar-refractivity contribution >= 4 is 45.2 Å². The fraction of sp³-hybridized carbons (Fsp3) is 0.386. The minimum absolute atomic E-state index is 0.0170. The van der Waals surface area contributed by atoms with E-state index >= 15 is 0 Å². The Bertz CT molecular complexity index is 2120. The van der Waals surface area contributed by atoms with Crippen molar-refractivity contribution in [3.8, 4) is 11.1 Å². The van der Waals surface area contributed by atoms with Crippen molar-refractivity contribution in [2.24, 2.45) is 0 Å². The van der Waals surface area contributed by atoms with Crippen LogP contribution >= 0.6 is 7.28 Å². The quantitative estimate of drug-likeness (QED) is 0.131. The first-order valence-electron chi connectivity index (χ1n) is 17.3. The molecule has 5 heteroatoms. The summed E-state index contributed by atoms with van der Waals surface area (Å²) in [6.45, 7) is 27.0. The molecule has 0 saturated heterocycles. The number of hydrogen-bond donors (Lipinski definition) is 3. The van der Waals surface area contributed by atoms with E-state index in [1.165, 1.54) is 18.1 Å². The van der Waals surface area contributed by atoms with Crippen LogP contribution in [-0.4, -0.2) is 20.5 Å². The topological polar surface area (TPSA) is 77.8 Å². The molecule has 49 heavy (non-hydrogen) atoms. The third-order valence-electron chi connectivity index (χ3n) is 9.86. The van der Waals surface area contributed by atoms with E-state index in [0.29, 0.717) is 16.7 Å². The van der Waals surface area contributed by atoms with Crippen LogP contribution in [0.1, 0.15) is 123 Å². The average Bonchev–Trinajstić information content (AvgIpc) is 2.96. The van der Waals surface area contributed by atoms with Gasteiger partial charge in [-0.1, -0.05) is 0 Å². The van der Waals surface area contributed by atoms with E-state index in [9.17, 15) is 19.5 Å². The third-order valence-corrected chi connectivity index (χ3v) is 12.4. The number of benzene rings is 5. The monoisotopic (exact) mass is 678 g/mol. The summed E-state index contributed by atoms with van der Waals surface area (Å²) in [6, 6.07) is 25.5. The summed E-state index contributed by atoms with van der Waals surface area (Å²) in [6.07, 6.45) is 0. The number of Topliss-reactive ketones (excluding diaryl/α,β-unsaturated/α-hetero) is 1. The molecular formula is C44H55O4P. The van der Waals surface area contributed by atoms with Gasteiger partial charge < -0.3 is 0 Å². The standard InChI is InChI=1S/C44H55O4P/c1-27(45)28-16-19-39(36(22-28)35-23-29-14-17-33(41(2,3)4)20-31(29)24-37(35)43(8,9)10)49(46,47,48)40-26-30-15-18-34(42(5,6)7)21-32(30)25-38(40)44(11,12)13/h14-26,46-48H,1-13H3. The second-order valence-electron chi connectivity index (χ2n) is 18.2. The van der Waals surface area contributed by atoms with Crippen LogP contribution in [-0.2, 0) is 21.7 Å². The van der Waals surface area contributed by atoms with Crippen molar-refractivity contribution in [1.29, 1.82) is 0 Å². The summed E-state index contributed by atoms with van der Waals surface area (Å²) in [7, 11) is -5.88.